The van der Waals surface area contributed by atoms with Crippen molar-refractivity contribution in [3.8, 4) is 0 Å². The molecule has 0 aromatic rings. The van der Waals surface area contributed by atoms with Gasteiger partial charge in [0.2, 0.25) is 11.8 Å². The van der Waals surface area contributed by atoms with Crippen LogP contribution in [0.5, 0.6) is 0 Å². The van der Waals surface area contributed by atoms with Crippen molar-refractivity contribution in [3.63, 3.8) is 0 Å². The number of carbonyl (C=O) groups excluding carboxylic acids is 2. The standard InChI is InChI=1S/C13H24N2O4/c1-9(2)6-7-10(16)14-8-11(17)15(5)13(3,4)12(18)19/h9H,6-8H2,1-5H3,(H,14,16)(H,18,19). The molecule has 0 bridgehead atoms. The van der Waals surface area contributed by atoms with Crippen LogP contribution in [0.25, 0.3) is 0 Å². The fourth-order valence-corrected chi connectivity index (χ4v) is 1.26. The summed E-state index contributed by atoms with van der Waals surface area (Å²) in [6.45, 7) is 6.73. The van der Waals surface area contributed by atoms with E-state index in [0.717, 1.165) is 11.3 Å². The van der Waals surface area contributed by atoms with Crippen molar-refractivity contribution in [1.29, 1.82) is 0 Å². The molecule has 0 saturated carbocycles. The molecule has 19 heavy (non-hydrogen) atoms. The predicted molar refractivity (Wildman–Crippen MR) is 71.6 cm³/mol. The molecule has 110 valence electrons. The van der Waals surface area contributed by atoms with E-state index in [2.05, 4.69) is 5.32 Å². The third kappa shape index (κ3) is 5.72. The second-order valence-electron chi connectivity index (χ2n) is 5.53. The smallest absolute Gasteiger partial charge is 0.329 e. The lowest BCUT2D eigenvalue weighted by atomic mass is 10.0. The van der Waals surface area contributed by atoms with Crippen molar-refractivity contribution >= 4 is 17.8 Å². The normalized spacial score (nSPS) is 11.3. The predicted octanol–water partition coefficient (Wildman–Crippen LogP) is 0.860. The zero-order chi connectivity index (χ0) is 15.2. The number of aliphatic carboxylic acids is 1. The molecule has 0 rings (SSSR count). The van der Waals surface area contributed by atoms with Gasteiger partial charge in [0.25, 0.3) is 0 Å². The van der Waals surface area contributed by atoms with Crippen LogP contribution in [0, 0.1) is 5.92 Å². The van der Waals surface area contributed by atoms with E-state index in [1.807, 2.05) is 13.8 Å². The minimum Gasteiger partial charge on any atom is -0.480 e. The molecule has 0 aliphatic carbocycles. The first-order chi connectivity index (χ1) is 8.59. The van der Waals surface area contributed by atoms with Crippen molar-refractivity contribution in [2.75, 3.05) is 13.6 Å². The molecule has 0 spiro atoms. The van der Waals surface area contributed by atoms with Crippen LogP contribution in [0.4, 0.5) is 0 Å². The molecule has 6 heteroatoms. The van der Waals surface area contributed by atoms with Gasteiger partial charge in [-0.25, -0.2) is 4.79 Å². The van der Waals surface area contributed by atoms with Crippen molar-refractivity contribution < 1.29 is 19.5 Å². The number of nitrogens with zero attached hydrogens (tertiary/aromatic N) is 1. The van der Waals surface area contributed by atoms with Crippen LogP contribution in [0.15, 0.2) is 0 Å². The molecular weight excluding hydrogens is 248 g/mol. The molecule has 0 saturated heterocycles. The minimum atomic E-state index is -1.29. The molecule has 2 amide bonds. The van der Waals surface area contributed by atoms with E-state index in [1.54, 1.807) is 0 Å². The van der Waals surface area contributed by atoms with Crippen molar-refractivity contribution in [3.05, 3.63) is 0 Å². The van der Waals surface area contributed by atoms with Gasteiger partial charge < -0.3 is 15.3 Å². The summed E-state index contributed by atoms with van der Waals surface area (Å²) < 4.78 is 0. The van der Waals surface area contributed by atoms with Crippen LogP contribution in [0.2, 0.25) is 0 Å². The lowest BCUT2D eigenvalue weighted by Crippen LogP contribution is -2.53. The SMILES string of the molecule is CC(C)CCC(=O)NCC(=O)N(C)C(C)(C)C(=O)O. The second kappa shape index (κ2) is 7.11. The molecule has 0 aromatic heterocycles. The van der Waals surface area contributed by atoms with Gasteiger partial charge in [-0.3, -0.25) is 9.59 Å². The van der Waals surface area contributed by atoms with Gasteiger partial charge in [-0.05, 0) is 26.2 Å². The molecule has 0 atom stereocenters. The molecule has 0 heterocycles. The molecule has 0 radical (unpaired) electrons. The first kappa shape index (κ1) is 17.4. The molecule has 0 aliphatic heterocycles. The Morgan fingerprint density at radius 2 is 1.79 bits per heavy atom. The lowest BCUT2D eigenvalue weighted by molar-refractivity contribution is -0.155. The second-order valence-corrected chi connectivity index (χ2v) is 5.53. The van der Waals surface area contributed by atoms with Gasteiger partial charge in [0.1, 0.15) is 5.54 Å². The summed E-state index contributed by atoms with van der Waals surface area (Å²) in [5, 5.41) is 11.5. The number of hydrogen-bond acceptors (Lipinski definition) is 3. The van der Waals surface area contributed by atoms with E-state index in [0.29, 0.717) is 12.3 Å². The summed E-state index contributed by atoms with van der Waals surface area (Å²) in [6, 6.07) is 0. The highest BCUT2D eigenvalue weighted by Crippen LogP contribution is 2.12. The van der Waals surface area contributed by atoms with Gasteiger partial charge in [-0.2, -0.15) is 0 Å². The molecular formula is C13H24N2O4. The van der Waals surface area contributed by atoms with Crippen molar-refractivity contribution in [1.82, 2.24) is 10.2 Å². The van der Waals surface area contributed by atoms with Crippen LogP contribution in [-0.4, -0.2) is 46.9 Å². The summed E-state index contributed by atoms with van der Waals surface area (Å²) in [4.78, 5) is 35.4. The van der Waals surface area contributed by atoms with Gasteiger partial charge >= 0.3 is 5.97 Å². The number of rotatable bonds is 7. The highest BCUT2D eigenvalue weighted by molar-refractivity contribution is 5.89. The lowest BCUT2D eigenvalue weighted by Gasteiger charge is -2.31. The maximum absolute atomic E-state index is 11.8. The summed E-state index contributed by atoms with van der Waals surface area (Å²) in [5.74, 6) is -1.28. The molecule has 0 unspecified atom stereocenters. The number of carboxylic acid groups (broad SMARTS) is 1. The van der Waals surface area contributed by atoms with Gasteiger partial charge in [0.05, 0.1) is 6.54 Å². The molecule has 6 nitrogen and oxygen atoms in total. The summed E-state index contributed by atoms with van der Waals surface area (Å²) in [5.41, 5.74) is -1.29. The first-order valence-corrected chi connectivity index (χ1v) is 6.35. The highest BCUT2D eigenvalue weighted by Gasteiger charge is 2.34. The molecule has 0 aromatic carbocycles. The average Bonchev–Trinajstić information content (AvgIpc) is 2.31. The Kier molecular flexibility index (Phi) is 6.52. The Morgan fingerprint density at radius 1 is 1.26 bits per heavy atom. The van der Waals surface area contributed by atoms with Crippen molar-refractivity contribution in [2.45, 2.75) is 46.1 Å². The van der Waals surface area contributed by atoms with E-state index in [1.165, 1.54) is 20.9 Å². The Balaban J connectivity index is 4.25. The Labute approximate surface area is 114 Å². The third-order valence-corrected chi connectivity index (χ3v) is 3.12. The number of amides is 2. The zero-order valence-electron chi connectivity index (χ0n) is 12.3. The number of nitrogens with one attached hydrogen (secondary N) is 1. The summed E-state index contributed by atoms with van der Waals surface area (Å²) in [7, 11) is 1.41. The van der Waals surface area contributed by atoms with E-state index >= 15 is 0 Å². The van der Waals surface area contributed by atoms with Gasteiger partial charge in [0.15, 0.2) is 0 Å². The summed E-state index contributed by atoms with van der Waals surface area (Å²) >= 11 is 0. The largest absolute Gasteiger partial charge is 0.480 e. The Bertz CT molecular complexity index is 351. The fraction of sp³-hybridized carbons (Fsp3) is 0.769. The van der Waals surface area contributed by atoms with Gasteiger partial charge in [-0.15, -0.1) is 0 Å². The van der Waals surface area contributed by atoms with Gasteiger partial charge in [0, 0.05) is 13.5 Å². The Hall–Kier alpha value is -1.59. The van der Waals surface area contributed by atoms with Gasteiger partial charge in [-0.1, -0.05) is 13.8 Å². The fourth-order valence-electron chi connectivity index (χ4n) is 1.26. The number of carboxylic acids is 1. The third-order valence-electron chi connectivity index (χ3n) is 3.12. The van der Waals surface area contributed by atoms with Crippen LogP contribution in [0.1, 0.15) is 40.5 Å². The summed E-state index contributed by atoms with van der Waals surface area (Å²) in [6.07, 6.45) is 1.13. The van der Waals surface area contributed by atoms with Crippen LogP contribution >= 0.6 is 0 Å². The van der Waals surface area contributed by atoms with Crippen LogP contribution in [0.3, 0.4) is 0 Å². The maximum Gasteiger partial charge on any atom is 0.329 e. The van der Waals surface area contributed by atoms with E-state index in [4.69, 9.17) is 5.11 Å². The highest BCUT2D eigenvalue weighted by atomic mass is 16.4. The first-order valence-electron chi connectivity index (χ1n) is 6.35. The van der Waals surface area contributed by atoms with Crippen molar-refractivity contribution in [2.24, 2.45) is 5.92 Å². The maximum atomic E-state index is 11.8. The van der Waals surface area contributed by atoms with Crippen LogP contribution in [-0.2, 0) is 14.4 Å². The minimum absolute atomic E-state index is 0.176. The molecule has 0 fully saturated rings. The number of carbonyl (C=O) groups is 3. The number of likely N-dealkylation sites (N-methyl/N-ethyl adjacent to an activating group) is 1. The molecule has 2 N–H and O–H groups in total. The Morgan fingerprint density at radius 3 is 2.21 bits per heavy atom. The number of hydrogen-bond donors (Lipinski definition) is 2. The van der Waals surface area contributed by atoms with E-state index in [-0.39, 0.29) is 12.5 Å². The quantitative estimate of drug-likeness (QED) is 0.719. The van der Waals surface area contributed by atoms with Crippen LogP contribution < -0.4 is 5.32 Å². The van der Waals surface area contributed by atoms with E-state index < -0.39 is 17.4 Å². The topological polar surface area (TPSA) is 86.7 Å². The average molecular weight is 272 g/mol. The monoisotopic (exact) mass is 272 g/mol. The zero-order valence-corrected chi connectivity index (χ0v) is 12.3. The van der Waals surface area contributed by atoms with E-state index in [9.17, 15) is 14.4 Å². The molecule has 0 aliphatic rings.